The molecule has 0 amide bonds. The molecule has 0 bridgehead atoms. The first-order chi connectivity index (χ1) is 8.49. The second-order valence-corrected chi connectivity index (χ2v) is 6.72. The number of hydrogen-bond acceptors (Lipinski definition) is 2. The Morgan fingerprint density at radius 2 is 2.11 bits per heavy atom. The van der Waals surface area contributed by atoms with Gasteiger partial charge in [-0.1, -0.05) is 39.3 Å². The minimum Gasteiger partial charge on any atom is -0.362 e. The van der Waals surface area contributed by atoms with E-state index in [4.69, 9.17) is 4.74 Å². The number of ether oxygens (including phenoxy) is 1. The van der Waals surface area contributed by atoms with Crippen molar-refractivity contribution >= 4 is 0 Å². The summed E-state index contributed by atoms with van der Waals surface area (Å²) in [5.41, 5.74) is 1.57. The molecule has 1 heterocycles. The lowest BCUT2D eigenvalue weighted by atomic mass is 9.74. The van der Waals surface area contributed by atoms with E-state index >= 15 is 0 Å². The summed E-state index contributed by atoms with van der Waals surface area (Å²) in [7, 11) is 0. The van der Waals surface area contributed by atoms with Gasteiger partial charge in [0.2, 0.25) is 0 Å². The summed E-state index contributed by atoms with van der Waals surface area (Å²) in [6.45, 7) is 14.8. The Hall–Kier alpha value is -0.340. The molecule has 1 aliphatic carbocycles. The monoisotopic (exact) mass is 251 g/mol. The van der Waals surface area contributed by atoms with E-state index in [9.17, 15) is 0 Å². The predicted octanol–water partition coefficient (Wildman–Crippen LogP) is 3.54. The van der Waals surface area contributed by atoms with Crippen molar-refractivity contribution in [2.75, 3.05) is 19.7 Å². The summed E-state index contributed by atoms with van der Waals surface area (Å²) >= 11 is 0. The van der Waals surface area contributed by atoms with Crippen LogP contribution in [0.2, 0.25) is 0 Å². The number of rotatable bonds is 3. The van der Waals surface area contributed by atoms with Crippen molar-refractivity contribution in [3.63, 3.8) is 0 Å². The van der Waals surface area contributed by atoms with Gasteiger partial charge in [0.15, 0.2) is 0 Å². The van der Waals surface area contributed by atoms with Gasteiger partial charge < -0.3 is 4.74 Å². The van der Waals surface area contributed by atoms with Crippen LogP contribution in [0.25, 0.3) is 0 Å². The van der Waals surface area contributed by atoms with Crippen LogP contribution in [-0.2, 0) is 4.74 Å². The van der Waals surface area contributed by atoms with Crippen molar-refractivity contribution in [3.05, 3.63) is 11.6 Å². The minimum atomic E-state index is 0.344. The first-order valence-corrected chi connectivity index (χ1v) is 7.52. The lowest BCUT2D eigenvalue weighted by molar-refractivity contribution is -0.0144. The van der Waals surface area contributed by atoms with Crippen LogP contribution in [0.5, 0.6) is 0 Å². The normalized spacial score (nSPS) is 38.2. The van der Waals surface area contributed by atoms with Gasteiger partial charge in [-0.25, -0.2) is 0 Å². The fourth-order valence-electron chi connectivity index (χ4n) is 3.77. The van der Waals surface area contributed by atoms with Crippen molar-refractivity contribution in [2.24, 2.45) is 23.7 Å². The highest BCUT2D eigenvalue weighted by atomic mass is 16.5. The Kier molecular flexibility index (Phi) is 4.50. The van der Waals surface area contributed by atoms with Crippen LogP contribution in [0.15, 0.2) is 11.6 Å². The van der Waals surface area contributed by atoms with Crippen molar-refractivity contribution in [2.45, 2.75) is 47.3 Å². The van der Waals surface area contributed by atoms with Crippen LogP contribution < -0.4 is 0 Å². The zero-order valence-corrected chi connectivity index (χ0v) is 12.6. The van der Waals surface area contributed by atoms with Gasteiger partial charge in [0.05, 0.1) is 6.61 Å². The molecule has 0 aromatic rings. The van der Waals surface area contributed by atoms with Gasteiger partial charge in [0, 0.05) is 13.1 Å². The maximum absolute atomic E-state index is 5.87. The average Bonchev–Trinajstić information content (AvgIpc) is 2.71. The van der Waals surface area contributed by atoms with E-state index in [0.29, 0.717) is 18.1 Å². The number of hydrogen-bond donors (Lipinski definition) is 0. The van der Waals surface area contributed by atoms with E-state index in [0.717, 1.165) is 25.0 Å². The van der Waals surface area contributed by atoms with E-state index in [2.05, 4.69) is 45.6 Å². The molecule has 1 fully saturated rings. The quantitative estimate of drug-likeness (QED) is 0.711. The molecule has 104 valence electrons. The molecule has 2 heteroatoms. The second-order valence-electron chi connectivity index (χ2n) is 6.72. The highest BCUT2D eigenvalue weighted by Crippen LogP contribution is 2.35. The Balaban J connectivity index is 2.00. The summed E-state index contributed by atoms with van der Waals surface area (Å²) in [6.07, 6.45) is 4.10. The van der Waals surface area contributed by atoms with Crippen molar-refractivity contribution in [1.82, 2.24) is 4.90 Å². The molecule has 4 atom stereocenters. The molecular formula is C16H29NO. The standard InChI is InChI=1S/C16H29NO/c1-11(2)16-17(6-7-18-16)10-15-13(4)8-12(3)9-14(15)5/h8,11,13-16H,6-7,9-10H2,1-5H3/t13-,14+,15+,16+/m0/s1. The lowest BCUT2D eigenvalue weighted by Crippen LogP contribution is -2.41. The second kappa shape index (κ2) is 5.75. The third-order valence-corrected chi connectivity index (χ3v) is 4.64. The van der Waals surface area contributed by atoms with E-state index in [-0.39, 0.29) is 0 Å². The third-order valence-electron chi connectivity index (χ3n) is 4.64. The van der Waals surface area contributed by atoms with Crippen molar-refractivity contribution in [1.29, 1.82) is 0 Å². The molecule has 1 aliphatic heterocycles. The molecule has 0 saturated carbocycles. The predicted molar refractivity (Wildman–Crippen MR) is 76.3 cm³/mol. The molecular weight excluding hydrogens is 222 g/mol. The molecule has 0 unspecified atom stereocenters. The maximum atomic E-state index is 5.87. The highest BCUT2D eigenvalue weighted by molar-refractivity contribution is 5.08. The summed E-state index contributed by atoms with van der Waals surface area (Å²) in [5.74, 6) is 2.90. The molecule has 0 aromatic carbocycles. The van der Waals surface area contributed by atoms with E-state index < -0.39 is 0 Å². The third kappa shape index (κ3) is 2.97. The van der Waals surface area contributed by atoms with Gasteiger partial charge >= 0.3 is 0 Å². The molecule has 0 radical (unpaired) electrons. The van der Waals surface area contributed by atoms with Gasteiger partial charge in [-0.3, -0.25) is 4.90 Å². The van der Waals surface area contributed by atoms with Gasteiger partial charge in [0.1, 0.15) is 6.23 Å². The first kappa shape index (κ1) is 14.1. The van der Waals surface area contributed by atoms with Crippen LogP contribution in [0.1, 0.15) is 41.0 Å². The summed E-state index contributed by atoms with van der Waals surface area (Å²) in [4.78, 5) is 2.57. The van der Waals surface area contributed by atoms with E-state index in [1.54, 1.807) is 5.57 Å². The van der Waals surface area contributed by atoms with Crippen LogP contribution in [0.4, 0.5) is 0 Å². The van der Waals surface area contributed by atoms with E-state index in [1.807, 2.05) is 0 Å². The molecule has 1 saturated heterocycles. The first-order valence-electron chi connectivity index (χ1n) is 7.52. The van der Waals surface area contributed by atoms with Gasteiger partial charge in [-0.2, -0.15) is 0 Å². The Labute approximate surface area is 112 Å². The highest BCUT2D eigenvalue weighted by Gasteiger charge is 2.34. The average molecular weight is 251 g/mol. The number of allylic oxidation sites excluding steroid dienone is 2. The minimum absolute atomic E-state index is 0.344. The van der Waals surface area contributed by atoms with E-state index in [1.165, 1.54) is 13.0 Å². The van der Waals surface area contributed by atoms with Crippen LogP contribution >= 0.6 is 0 Å². The maximum Gasteiger partial charge on any atom is 0.113 e. The zero-order valence-electron chi connectivity index (χ0n) is 12.6. The lowest BCUT2D eigenvalue weighted by Gasteiger charge is -2.37. The molecule has 18 heavy (non-hydrogen) atoms. The summed E-state index contributed by atoms with van der Waals surface area (Å²) < 4.78 is 5.87. The fraction of sp³-hybridized carbons (Fsp3) is 0.875. The van der Waals surface area contributed by atoms with Crippen molar-refractivity contribution < 1.29 is 4.74 Å². The van der Waals surface area contributed by atoms with Gasteiger partial charge in [0.25, 0.3) is 0 Å². The van der Waals surface area contributed by atoms with Crippen LogP contribution in [0, 0.1) is 23.7 Å². The molecule has 2 nitrogen and oxygen atoms in total. The Morgan fingerprint density at radius 1 is 1.39 bits per heavy atom. The molecule has 2 aliphatic rings. The SMILES string of the molecule is CC1=C[C@H](C)[C@@H](CN2CCO[C@@H]2C(C)C)[C@H](C)C1. The molecule has 0 spiro atoms. The largest absolute Gasteiger partial charge is 0.362 e. The molecule has 0 N–H and O–H groups in total. The van der Waals surface area contributed by atoms with Gasteiger partial charge in [-0.15, -0.1) is 0 Å². The van der Waals surface area contributed by atoms with Gasteiger partial charge in [-0.05, 0) is 37.0 Å². The summed E-state index contributed by atoms with van der Waals surface area (Å²) in [5, 5.41) is 0. The number of nitrogens with zero attached hydrogens (tertiary/aromatic N) is 1. The molecule has 0 aromatic heterocycles. The van der Waals surface area contributed by atoms with Crippen LogP contribution in [-0.4, -0.2) is 30.8 Å². The smallest absolute Gasteiger partial charge is 0.113 e. The van der Waals surface area contributed by atoms with Crippen LogP contribution in [0.3, 0.4) is 0 Å². The zero-order chi connectivity index (χ0) is 13.3. The topological polar surface area (TPSA) is 12.5 Å². The van der Waals surface area contributed by atoms with Crippen molar-refractivity contribution in [3.8, 4) is 0 Å². The summed E-state index contributed by atoms with van der Waals surface area (Å²) in [6, 6.07) is 0. The Bertz CT molecular complexity index is 310. The molecule has 2 rings (SSSR count). The fourth-order valence-corrected chi connectivity index (χ4v) is 3.77. The Morgan fingerprint density at radius 3 is 2.72 bits per heavy atom.